The Labute approximate surface area is 155 Å². The summed E-state index contributed by atoms with van der Waals surface area (Å²) in [5.41, 5.74) is 0.698. The predicted molar refractivity (Wildman–Crippen MR) is 98.2 cm³/mol. The Morgan fingerprint density at radius 2 is 2.12 bits per heavy atom. The normalized spacial score (nSPS) is 32.8. The number of halogens is 1. The van der Waals surface area contributed by atoms with Crippen molar-refractivity contribution in [1.29, 1.82) is 0 Å². The van der Waals surface area contributed by atoms with E-state index >= 15 is 0 Å². The lowest BCUT2D eigenvalue weighted by molar-refractivity contribution is -0.129. The van der Waals surface area contributed by atoms with Gasteiger partial charge < -0.3 is 9.30 Å². The number of nitrogens with zero attached hydrogens (tertiary/aromatic N) is 2. The van der Waals surface area contributed by atoms with Crippen molar-refractivity contribution in [3.8, 4) is 0 Å². The van der Waals surface area contributed by atoms with Gasteiger partial charge in [0.25, 0.3) is 5.91 Å². The van der Waals surface area contributed by atoms with E-state index in [-0.39, 0.29) is 17.1 Å². The molecule has 1 amide bonds. The maximum Gasteiger partial charge on any atom is 0.254 e. The highest BCUT2D eigenvalue weighted by Crippen LogP contribution is 2.65. The van der Waals surface area contributed by atoms with Crippen LogP contribution in [0.2, 0.25) is 0 Å². The molecule has 0 saturated heterocycles. The Morgan fingerprint density at radius 1 is 1.35 bits per heavy atom. The SMILES string of the molecule is COCCn1c(=NC(=O)C23CC4CC(CC2C4)C3)sc2cc(F)ccc21. The van der Waals surface area contributed by atoms with Gasteiger partial charge >= 0.3 is 0 Å². The van der Waals surface area contributed by atoms with Gasteiger partial charge in [-0.2, -0.15) is 4.99 Å². The summed E-state index contributed by atoms with van der Waals surface area (Å²) in [4.78, 5) is 18.6. The fourth-order valence-electron chi connectivity index (χ4n) is 5.87. The quantitative estimate of drug-likeness (QED) is 0.818. The van der Waals surface area contributed by atoms with Crippen molar-refractivity contribution in [3.63, 3.8) is 0 Å². The summed E-state index contributed by atoms with van der Waals surface area (Å²) in [7, 11) is 1.66. The Morgan fingerprint density at radius 3 is 2.85 bits per heavy atom. The van der Waals surface area contributed by atoms with E-state index in [1.54, 1.807) is 13.2 Å². The molecule has 2 aromatic rings. The number of aromatic nitrogens is 1. The molecule has 0 radical (unpaired) electrons. The number of hydrogen-bond acceptors (Lipinski definition) is 3. The molecule has 4 aliphatic carbocycles. The molecule has 138 valence electrons. The monoisotopic (exact) mass is 374 g/mol. The van der Waals surface area contributed by atoms with Crippen molar-refractivity contribution in [2.75, 3.05) is 13.7 Å². The highest BCUT2D eigenvalue weighted by atomic mass is 32.1. The third-order valence-corrected chi connectivity index (χ3v) is 7.82. The van der Waals surface area contributed by atoms with E-state index in [2.05, 4.69) is 4.99 Å². The summed E-state index contributed by atoms with van der Waals surface area (Å²) in [6.45, 7) is 1.14. The number of fused-ring (bicyclic) bond motifs is 1. The zero-order chi connectivity index (χ0) is 17.9. The molecule has 0 aliphatic heterocycles. The van der Waals surface area contributed by atoms with E-state index in [0.29, 0.717) is 23.9 Å². The summed E-state index contributed by atoms with van der Waals surface area (Å²) in [6.07, 6.45) is 5.77. The number of ether oxygens (including phenoxy) is 1. The molecule has 0 N–H and O–H groups in total. The summed E-state index contributed by atoms with van der Waals surface area (Å²) in [6, 6.07) is 4.75. The number of hydrogen-bond donors (Lipinski definition) is 0. The minimum Gasteiger partial charge on any atom is -0.383 e. The second-order valence-electron chi connectivity index (χ2n) is 8.26. The summed E-state index contributed by atoms with van der Waals surface area (Å²) in [5.74, 6) is 1.78. The Hall–Kier alpha value is -1.53. The van der Waals surface area contributed by atoms with Crippen LogP contribution in [0.15, 0.2) is 23.2 Å². The van der Waals surface area contributed by atoms with Crippen LogP contribution in [0.5, 0.6) is 0 Å². The predicted octanol–water partition coefficient (Wildman–Crippen LogP) is 3.74. The van der Waals surface area contributed by atoms with Crippen LogP contribution in [-0.2, 0) is 16.1 Å². The molecule has 2 atom stereocenters. The molecule has 4 saturated carbocycles. The third-order valence-electron chi connectivity index (χ3n) is 6.78. The number of carbonyl (C=O) groups is 1. The molecule has 4 fully saturated rings. The molecule has 1 aromatic heterocycles. The molecule has 4 bridgehead atoms. The maximum absolute atomic E-state index is 13.6. The molecule has 26 heavy (non-hydrogen) atoms. The van der Waals surface area contributed by atoms with Gasteiger partial charge in [0.2, 0.25) is 0 Å². The van der Waals surface area contributed by atoms with Crippen LogP contribution in [0.25, 0.3) is 10.2 Å². The van der Waals surface area contributed by atoms with Crippen LogP contribution < -0.4 is 4.80 Å². The van der Waals surface area contributed by atoms with Crippen LogP contribution in [0.3, 0.4) is 0 Å². The second-order valence-corrected chi connectivity index (χ2v) is 9.27. The van der Waals surface area contributed by atoms with Gasteiger partial charge in [-0.15, -0.1) is 0 Å². The minimum atomic E-state index is -0.263. The smallest absolute Gasteiger partial charge is 0.254 e. The average Bonchev–Trinajstić information content (AvgIpc) is 3.16. The lowest BCUT2D eigenvalue weighted by Crippen LogP contribution is -2.33. The highest BCUT2D eigenvalue weighted by molar-refractivity contribution is 7.16. The summed E-state index contributed by atoms with van der Waals surface area (Å²) < 4.78 is 21.7. The van der Waals surface area contributed by atoms with Crippen molar-refractivity contribution in [2.45, 2.75) is 38.6 Å². The molecule has 2 unspecified atom stereocenters. The van der Waals surface area contributed by atoms with Gasteiger partial charge in [-0.3, -0.25) is 4.79 Å². The highest BCUT2D eigenvalue weighted by Gasteiger charge is 2.61. The summed E-state index contributed by atoms with van der Waals surface area (Å²) in [5, 5.41) is 0. The number of rotatable bonds is 4. The van der Waals surface area contributed by atoms with Crippen LogP contribution in [0, 0.1) is 29.0 Å². The van der Waals surface area contributed by atoms with Gasteiger partial charge in [0, 0.05) is 13.7 Å². The first-order valence-corrected chi connectivity index (χ1v) is 10.3. The van der Waals surface area contributed by atoms with E-state index in [9.17, 15) is 9.18 Å². The zero-order valence-electron chi connectivity index (χ0n) is 14.9. The fourth-order valence-corrected chi connectivity index (χ4v) is 6.95. The topological polar surface area (TPSA) is 43.6 Å². The van der Waals surface area contributed by atoms with Crippen molar-refractivity contribution < 1.29 is 13.9 Å². The first-order chi connectivity index (χ1) is 12.6. The minimum absolute atomic E-state index is 0.0606. The van der Waals surface area contributed by atoms with E-state index < -0.39 is 0 Å². The maximum atomic E-state index is 13.6. The number of amides is 1. The molecule has 4 nitrogen and oxygen atoms in total. The van der Waals surface area contributed by atoms with Crippen molar-refractivity contribution in [1.82, 2.24) is 4.57 Å². The fraction of sp³-hybridized carbons (Fsp3) is 0.600. The van der Waals surface area contributed by atoms with Crippen LogP contribution in [0.1, 0.15) is 32.1 Å². The molecule has 4 aliphatic rings. The number of carbonyl (C=O) groups excluding carboxylic acids is 1. The van der Waals surface area contributed by atoms with E-state index in [1.807, 2.05) is 4.57 Å². The Bertz CT molecular complexity index is 933. The van der Waals surface area contributed by atoms with Crippen molar-refractivity contribution >= 4 is 27.5 Å². The van der Waals surface area contributed by atoms with Crippen LogP contribution in [0.4, 0.5) is 4.39 Å². The number of benzene rings is 1. The van der Waals surface area contributed by atoms with Gasteiger partial charge in [-0.1, -0.05) is 11.3 Å². The number of thiazole rings is 1. The van der Waals surface area contributed by atoms with Gasteiger partial charge in [0.15, 0.2) is 4.80 Å². The lowest BCUT2D eigenvalue weighted by Gasteiger charge is -2.29. The molecule has 1 heterocycles. The summed E-state index contributed by atoms with van der Waals surface area (Å²) >= 11 is 1.40. The average molecular weight is 374 g/mol. The third kappa shape index (κ3) is 2.42. The van der Waals surface area contributed by atoms with Crippen molar-refractivity contribution in [2.24, 2.45) is 28.2 Å². The van der Waals surface area contributed by atoms with Gasteiger partial charge in [0.05, 0.1) is 22.2 Å². The van der Waals surface area contributed by atoms with E-state index in [1.165, 1.54) is 42.7 Å². The van der Waals surface area contributed by atoms with Gasteiger partial charge in [-0.25, -0.2) is 4.39 Å². The van der Waals surface area contributed by atoms with Gasteiger partial charge in [0.1, 0.15) is 5.82 Å². The van der Waals surface area contributed by atoms with Crippen molar-refractivity contribution in [3.05, 3.63) is 28.8 Å². The molecular weight excluding hydrogens is 351 g/mol. The number of methoxy groups -OCH3 is 1. The largest absolute Gasteiger partial charge is 0.383 e. The van der Waals surface area contributed by atoms with Crippen LogP contribution in [-0.4, -0.2) is 24.2 Å². The molecule has 1 aromatic carbocycles. The van der Waals surface area contributed by atoms with E-state index in [4.69, 9.17) is 4.74 Å². The second kappa shape index (κ2) is 5.99. The Kier molecular flexibility index (Phi) is 3.83. The molecule has 6 rings (SSSR count). The first kappa shape index (κ1) is 16.6. The lowest BCUT2D eigenvalue weighted by atomic mass is 9.75. The standard InChI is InChI=1S/C20H23FN2O2S/c1-25-5-4-23-16-3-2-15(21)9-17(16)26-19(23)22-18(24)20-10-12-6-13(11-20)8-14(20)7-12/h2-3,9,12-14H,4-8,10-11H2,1H3. The molecule has 6 heteroatoms. The molecule has 0 spiro atoms. The van der Waals surface area contributed by atoms with E-state index in [0.717, 1.165) is 34.9 Å². The molecular formula is C20H23FN2O2S. The zero-order valence-corrected chi connectivity index (χ0v) is 15.7. The van der Waals surface area contributed by atoms with Crippen LogP contribution >= 0.6 is 11.3 Å². The Balaban J connectivity index is 1.58. The van der Waals surface area contributed by atoms with Gasteiger partial charge in [-0.05, 0) is 68.1 Å². The first-order valence-electron chi connectivity index (χ1n) is 9.46.